The van der Waals surface area contributed by atoms with E-state index >= 15 is 0 Å². The van der Waals surface area contributed by atoms with Crippen molar-refractivity contribution in [2.24, 2.45) is 0 Å². The van der Waals surface area contributed by atoms with Crippen molar-refractivity contribution in [1.29, 1.82) is 0 Å². The third kappa shape index (κ3) is 3.73. The van der Waals surface area contributed by atoms with Crippen LogP contribution in [0.15, 0.2) is 63.6 Å². The second-order valence-electron chi connectivity index (χ2n) is 6.31. The number of hydrogen-bond donors (Lipinski definition) is 3. The molecule has 0 saturated heterocycles. The van der Waals surface area contributed by atoms with Gasteiger partial charge in [0.05, 0.1) is 12.8 Å². The van der Waals surface area contributed by atoms with E-state index in [0.717, 1.165) is 5.56 Å². The van der Waals surface area contributed by atoms with Gasteiger partial charge in [-0.05, 0) is 30.3 Å². The maximum atomic E-state index is 12.8. The topological polar surface area (TPSA) is 136 Å². The van der Waals surface area contributed by atoms with E-state index in [0.29, 0.717) is 22.0 Å². The van der Waals surface area contributed by atoms with E-state index in [2.05, 4.69) is 10.3 Å². The van der Waals surface area contributed by atoms with Crippen molar-refractivity contribution < 1.29 is 17.7 Å². The van der Waals surface area contributed by atoms with Crippen LogP contribution in [0.3, 0.4) is 0 Å². The van der Waals surface area contributed by atoms with Crippen molar-refractivity contribution in [3.05, 3.63) is 64.3 Å². The molecule has 11 heteroatoms. The van der Waals surface area contributed by atoms with Crippen molar-refractivity contribution in [3.8, 4) is 17.0 Å². The Kier molecular flexibility index (Phi) is 4.94. The normalized spacial score (nSPS) is 11.5. The summed E-state index contributed by atoms with van der Waals surface area (Å²) in [5.74, 6) is 0.226. The minimum atomic E-state index is -4.49. The maximum absolute atomic E-state index is 12.8. The predicted octanol–water partition coefficient (Wildman–Crippen LogP) is 3.00. The quantitative estimate of drug-likeness (QED) is 0.316. The molecule has 30 heavy (non-hydrogen) atoms. The van der Waals surface area contributed by atoms with Crippen LogP contribution < -0.4 is 21.3 Å². The Morgan fingerprint density at radius 2 is 2.00 bits per heavy atom. The molecule has 0 fully saturated rings. The number of benzene rings is 2. The minimum Gasteiger partial charge on any atom is -0.495 e. The molecule has 0 radical (unpaired) electrons. The molecule has 2 aromatic heterocycles. The Labute approximate surface area is 175 Å². The van der Waals surface area contributed by atoms with Crippen molar-refractivity contribution >= 4 is 43.6 Å². The smallest absolute Gasteiger partial charge is 0.298 e. The van der Waals surface area contributed by atoms with E-state index in [-0.39, 0.29) is 17.1 Å². The van der Waals surface area contributed by atoms with Gasteiger partial charge in [0.2, 0.25) is 0 Å². The van der Waals surface area contributed by atoms with E-state index in [4.69, 9.17) is 10.5 Å². The fourth-order valence-corrected chi connectivity index (χ4v) is 4.57. The highest BCUT2D eigenvalue weighted by atomic mass is 32.2. The number of hydrogen-bond acceptors (Lipinski definition) is 8. The average molecular weight is 444 g/mol. The van der Waals surface area contributed by atoms with Gasteiger partial charge in [0.15, 0.2) is 4.96 Å². The molecule has 0 saturated carbocycles. The van der Waals surface area contributed by atoms with Crippen molar-refractivity contribution in [1.82, 2.24) is 9.38 Å². The third-order valence-corrected chi connectivity index (χ3v) is 6.00. The molecule has 0 amide bonds. The number of nitrogens with two attached hydrogens (primary N) is 1. The molecule has 4 aromatic rings. The molecule has 4 rings (SSSR count). The molecule has 0 aliphatic rings. The Bertz CT molecular complexity index is 1430. The fraction of sp³-hybridized carbons (Fsp3) is 0.0526. The Morgan fingerprint density at radius 1 is 1.20 bits per heavy atom. The van der Waals surface area contributed by atoms with Crippen LogP contribution in [-0.2, 0) is 10.1 Å². The number of thiazole rings is 1. The average Bonchev–Trinajstić information content (AvgIpc) is 3.12. The van der Waals surface area contributed by atoms with E-state index in [1.54, 1.807) is 24.3 Å². The van der Waals surface area contributed by atoms with E-state index in [1.807, 2.05) is 11.4 Å². The zero-order chi connectivity index (χ0) is 21.5. The first-order valence-electron chi connectivity index (χ1n) is 8.56. The van der Waals surface area contributed by atoms with Crippen LogP contribution >= 0.6 is 11.3 Å². The predicted molar refractivity (Wildman–Crippen MR) is 115 cm³/mol. The summed E-state index contributed by atoms with van der Waals surface area (Å²) in [6.45, 7) is 0. The highest BCUT2D eigenvalue weighted by Gasteiger charge is 2.18. The first-order valence-corrected chi connectivity index (χ1v) is 10.9. The molecule has 0 unspecified atom stereocenters. The summed E-state index contributed by atoms with van der Waals surface area (Å²) < 4.78 is 39.0. The minimum absolute atomic E-state index is 0.00318. The Balaban J connectivity index is 1.75. The monoisotopic (exact) mass is 444 g/mol. The number of aromatic nitrogens is 2. The molecule has 2 aromatic carbocycles. The Hall–Kier alpha value is -3.41. The zero-order valence-electron chi connectivity index (χ0n) is 15.6. The number of anilines is 3. The van der Waals surface area contributed by atoms with E-state index in [9.17, 15) is 17.8 Å². The van der Waals surface area contributed by atoms with Gasteiger partial charge in [0, 0.05) is 28.4 Å². The number of nitrogens with one attached hydrogen (secondary N) is 1. The summed E-state index contributed by atoms with van der Waals surface area (Å²) in [6.07, 6.45) is 0. The van der Waals surface area contributed by atoms with Gasteiger partial charge in [0.1, 0.15) is 16.5 Å². The van der Waals surface area contributed by atoms with Crippen molar-refractivity contribution in [2.75, 3.05) is 18.2 Å². The summed E-state index contributed by atoms with van der Waals surface area (Å²) in [6, 6.07) is 12.6. The molecular weight excluding hydrogens is 428 g/mol. The summed E-state index contributed by atoms with van der Waals surface area (Å²) in [5.41, 5.74) is 7.88. The first-order chi connectivity index (χ1) is 14.3. The van der Waals surface area contributed by atoms with Crippen LogP contribution in [0, 0.1) is 0 Å². The van der Waals surface area contributed by atoms with Gasteiger partial charge in [-0.25, -0.2) is 4.98 Å². The molecule has 0 atom stereocenters. The molecule has 0 aliphatic heterocycles. The molecular formula is C19H16N4O5S2. The van der Waals surface area contributed by atoms with Crippen LogP contribution in [0.25, 0.3) is 16.2 Å². The molecule has 154 valence electrons. The van der Waals surface area contributed by atoms with Crippen LogP contribution in [-0.4, -0.2) is 29.5 Å². The van der Waals surface area contributed by atoms with Gasteiger partial charge < -0.3 is 15.8 Å². The van der Waals surface area contributed by atoms with Gasteiger partial charge in [-0.1, -0.05) is 12.1 Å². The summed E-state index contributed by atoms with van der Waals surface area (Å²) in [7, 11) is -3.20. The lowest BCUT2D eigenvalue weighted by Crippen LogP contribution is -2.14. The lowest BCUT2D eigenvalue weighted by atomic mass is 10.1. The molecule has 0 aliphatic carbocycles. The fourth-order valence-electron chi connectivity index (χ4n) is 2.99. The van der Waals surface area contributed by atoms with Gasteiger partial charge in [-0.2, -0.15) is 8.42 Å². The number of methoxy groups -OCH3 is 1. The van der Waals surface area contributed by atoms with E-state index in [1.165, 1.54) is 41.0 Å². The molecule has 9 nitrogen and oxygen atoms in total. The van der Waals surface area contributed by atoms with Gasteiger partial charge >= 0.3 is 0 Å². The van der Waals surface area contributed by atoms with Crippen LogP contribution in [0.2, 0.25) is 0 Å². The van der Waals surface area contributed by atoms with Crippen LogP contribution in [0.5, 0.6) is 5.75 Å². The summed E-state index contributed by atoms with van der Waals surface area (Å²) >= 11 is 1.28. The summed E-state index contributed by atoms with van der Waals surface area (Å²) in [5, 5.41) is 4.70. The standard InChI is InChI=1S/C19H16N4O5S2/c1-28-15-6-5-13(8-16(15)30(25,26)27)21-17-9-18(24)23-14(10-29-19(23)22-17)11-3-2-4-12(20)7-11/h2-10,21H,20H2,1H3,(H,25,26,27). The lowest BCUT2D eigenvalue weighted by molar-refractivity contribution is 0.397. The van der Waals surface area contributed by atoms with Crippen molar-refractivity contribution in [2.45, 2.75) is 4.90 Å². The first kappa shape index (κ1) is 19.9. The second-order valence-corrected chi connectivity index (χ2v) is 8.54. The van der Waals surface area contributed by atoms with Crippen LogP contribution in [0.4, 0.5) is 17.2 Å². The number of nitrogen functional groups attached to an aromatic ring is 1. The molecule has 4 N–H and O–H groups in total. The van der Waals surface area contributed by atoms with Gasteiger partial charge in [0.25, 0.3) is 15.7 Å². The number of fused-ring (bicyclic) bond motifs is 1. The molecule has 0 bridgehead atoms. The summed E-state index contributed by atoms with van der Waals surface area (Å²) in [4.78, 5) is 17.2. The maximum Gasteiger partial charge on any atom is 0.298 e. The number of ether oxygens (including phenoxy) is 1. The Morgan fingerprint density at radius 3 is 2.70 bits per heavy atom. The van der Waals surface area contributed by atoms with Crippen LogP contribution in [0.1, 0.15) is 0 Å². The lowest BCUT2D eigenvalue weighted by Gasteiger charge is -2.10. The zero-order valence-corrected chi connectivity index (χ0v) is 17.2. The second kappa shape index (κ2) is 7.44. The molecule has 2 heterocycles. The number of rotatable bonds is 5. The SMILES string of the molecule is COc1ccc(Nc2cc(=O)n3c(-c4cccc(N)c4)csc3n2)cc1S(=O)(=O)O. The molecule has 0 spiro atoms. The number of nitrogens with zero attached hydrogens (tertiary/aromatic N) is 2. The van der Waals surface area contributed by atoms with Gasteiger partial charge in [-0.3, -0.25) is 13.7 Å². The highest BCUT2D eigenvalue weighted by molar-refractivity contribution is 7.86. The largest absolute Gasteiger partial charge is 0.495 e. The highest BCUT2D eigenvalue weighted by Crippen LogP contribution is 2.29. The van der Waals surface area contributed by atoms with E-state index < -0.39 is 15.0 Å². The van der Waals surface area contributed by atoms with Gasteiger partial charge in [-0.15, -0.1) is 11.3 Å². The van der Waals surface area contributed by atoms with Crippen molar-refractivity contribution in [3.63, 3.8) is 0 Å². The third-order valence-electron chi connectivity index (χ3n) is 4.30.